The molecule has 1 aromatic carbocycles. The minimum Gasteiger partial charge on any atom is -0.395 e. The van der Waals surface area contributed by atoms with Crippen LogP contribution in [0.2, 0.25) is 0 Å². The molecule has 0 aliphatic carbocycles. The molecule has 0 aliphatic heterocycles. The van der Waals surface area contributed by atoms with E-state index in [1.807, 2.05) is 11.8 Å². The minimum absolute atomic E-state index is 0.235. The summed E-state index contributed by atoms with van der Waals surface area (Å²) in [5.41, 5.74) is 2.71. The summed E-state index contributed by atoms with van der Waals surface area (Å²) in [6.45, 7) is 5.36. The number of aliphatic hydroxyl groups is 1. The van der Waals surface area contributed by atoms with Crippen LogP contribution in [-0.2, 0) is 5.75 Å². The number of aliphatic hydroxyl groups excluding tert-OH is 1. The smallest absolute Gasteiger partial charge is 0.0584 e. The quantitative estimate of drug-likeness (QED) is 0.699. The molecule has 17 heavy (non-hydrogen) atoms. The normalized spacial score (nSPS) is 12.6. The summed E-state index contributed by atoms with van der Waals surface area (Å²) < 4.78 is 0. The number of benzene rings is 1. The van der Waals surface area contributed by atoms with Gasteiger partial charge in [-0.05, 0) is 31.2 Å². The summed E-state index contributed by atoms with van der Waals surface area (Å²) in [4.78, 5) is 0. The maximum atomic E-state index is 9.14. The van der Waals surface area contributed by atoms with Crippen LogP contribution in [0.15, 0.2) is 24.3 Å². The molecule has 0 spiro atoms. The molecule has 0 saturated heterocycles. The monoisotopic (exact) mass is 253 g/mol. The lowest BCUT2D eigenvalue weighted by Gasteiger charge is -2.14. The summed E-state index contributed by atoms with van der Waals surface area (Å²) in [5, 5.41) is 12.4. The van der Waals surface area contributed by atoms with Gasteiger partial charge in [0.05, 0.1) is 6.61 Å². The highest BCUT2D eigenvalue weighted by atomic mass is 32.2. The van der Waals surface area contributed by atoms with Crippen molar-refractivity contribution in [3.63, 3.8) is 0 Å². The summed E-state index contributed by atoms with van der Waals surface area (Å²) in [5.74, 6) is 2.15. The SMILES string of the molecule is CCNC(CO)CCSCc1cccc(C)c1. The van der Waals surface area contributed by atoms with Crippen molar-refractivity contribution < 1.29 is 5.11 Å². The molecule has 1 rings (SSSR count). The van der Waals surface area contributed by atoms with Gasteiger partial charge < -0.3 is 10.4 Å². The van der Waals surface area contributed by atoms with Gasteiger partial charge in [-0.1, -0.05) is 36.8 Å². The Morgan fingerprint density at radius 2 is 2.24 bits per heavy atom. The highest BCUT2D eigenvalue weighted by Crippen LogP contribution is 2.14. The van der Waals surface area contributed by atoms with E-state index < -0.39 is 0 Å². The zero-order valence-electron chi connectivity index (χ0n) is 10.8. The number of likely N-dealkylation sites (N-methyl/N-ethyl adjacent to an activating group) is 1. The van der Waals surface area contributed by atoms with E-state index in [0.29, 0.717) is 0 Å². The third-order valence-electron chi connectivity index (χ3n) is 2.68. The predicted octanol–water partition coefficient (Wildman–Crippen LogP) is 2.59. The Kier molecular flexibility index (Phi) is 7.33. The Bertz CT molecular complexity index is 317. The lowest BCUT2D eigenvalue weighted by Crippen LogP contribution is -2.32. The molecule has 0 amide bonds. The van der Waals surface area contributed by atoms with Crippen molar-refractivity contribution in [1.82, 2.24) is 5.32 Å². The van der Waals surface area contributed by atoms with Crippen molar-refractivity contribution in [3.8, 4) is 0 Å². The number of rotatable bonds is 8. The van der Waals surface area contributed by atoms with Crippen molar-refractivity contribution >= 4 is 11.8 Å². The van der Waals surface area contributed by atoms with E-state index in [-0.39, 0.29) is 12.6 Å². The second kappa shape index (κ2) is 8.56. The number of hydrogen-bond acceptors (Lipinski definition) is 3. The second-order valence-corrected chi connectivity index (χ2v) is 5.37. The largest absolute Gasteiger partial charge is 0.395 e. The summed E-state index contributed by atoms with van der Waals surface area (Å²) >= 11 is 1.93. The molecule has 0 radical (unpaired) electrons. The average molecular weight is 253 g/mol. The third kappa shape index (κ3) is 6.10. The van der Waals surface area contributed by atoms with E-state index in [1.165, 1.54) is 11.1 Å². The second-order valence-electron chi connectivity index (χ2n) is 4.27. The summed E-state index contributed by atoms with van der Waals surface area (Å²) in [6, 6.07) is 8.90. The van der Waals surface area contributed by atoms with Crippen LogP contribution in [0.3, 0.4) is 0 Å². The van der Waals surface area contributed by atoms with Gasteiger partial charge >= 0.3 is 0 Å². The van der Waals surface area contributed by atoms with Crippen molar-refractivity contribution in [1.29, 1.82) is 0 Å². The maximum absolute atomic E-state index is 9.14. The van der Waals surface area contributed by atoms with E-state index in [1.54, 1.807) is 0 Å². The van der Waals surface area contributed by atoms with Gasteiger partial charge in [-0.15, -0.1) is 0 Å². The predicted molar refractivity (Wildman–Crippen MR) is 76.5 cm³/mol. The first kappa shape index (κ1) is 14.6. The molecule has 0 aliphatic rings. The van der Waals surface area contributed by atoms with Crippen LogP contribution in [0.5, 0.6) is 0 Å². The van der Waals surface area contributed by atoms with Crippen LogP contribution in [0.25, 0.3) is 0 Å². The maximum Gasteiger partial charge on any atom is 0.0584 e. The van der Waals surface area contributed by atoms with E-state index in [0.717, 1.165) is 24.5 Å². The molecule has 0 bridgehead atoms. The van der Waals surface area contributed by atoms with E-state index in [2.05, 4.69) is 43.4 Å². The van der Waals surface area contributed by atoms with Crippen molar-refractivity contribution in [3.05, 3.63) is 35.4 Å². The van der Waals surface area contributed by atoms with E-state index >= 15 is 0 Å². The number of hydrogen-bond donors (Lipinski definition) is 2. The highest BCUT2D eigenvalue weighted by Gasteiger charge is 2.04. The average Bonchev–Trinajstić information content (AvgIpc) is 2.33. The van der Waals surface area contributed by atoms with Crippen molar-refractivity contribution in [2.24, 2.45) is 0 Å². The molecular formula is C14H23NOS. The Morgan fingerprint density at radius 1 is 1.41 bits per heavy atom. The molecule has 0 saturated carbocycles. The van der Waals surface area contributed by atoms with Gasteiger partial charge in [-0.25, -0.2) is 0 Å². The highest BCUT2D eigenvalue weighted by molar-refractivity contribution is 7.98. The van der Waals surface area contributed by atoms with Crippen LogP contribution in [0, 0.1) is 6.92 Å². The molecule has 3 heteroatoms. The fraction of sp³-hybridized carbons (Fsp3) is 0.571. The first-order valence-corrected chi connectivity index (χ1v) is 7.39. The number of thioether (sulfide) groups is 1. The Hall–Kier alpha value is -0.510. The minimum atomic E-state index is 0.235. The summed E-state index contributed by atoms with van der Waals surface area (Å²) in [7, 11) is 0. The molecule has 0 fully saturated rings. The molecule has 0 heterocycles. The molecule has 2 nitrogen and oxygen atoms in total. The third-order valence-corrected chi connectivity index (χ3v) is 3.74. The topological polar surface area (TPSA) is 32.3 Å². The standard InChI is InChI=1S/C14H23NOS/c1-3-15-14(10-16)7-8-17-11-13-6-4-5-12(2)9-13/h4-6,9,14-16H,3,7-8,10-11H2,1-2H3. The van der Waals surface area contributed by atoms with Crippen LogP contribution >= 0.6 is 11.8 Å². The fourth-order valence-corrected chi connectivity index (χ4v) is 2.77. The van der Waals surface area contributed by atoms with Gasteiger partial charge in [0.25, 0.3) is 0 Å². The molecule has 2 N–H and O–H groups in total. The Balaban J connectivity index is 2.19. The van der Waals surface area contributed by atoms with Crippen LogP contribution in [-0.4, -0.2) is 30.1 Å². The lowest BCUT2D eigenvalue weighted by molar-refractivity contribution is 0.242. The number of aryl methyl sites for hydroxylation is 1. The van der Waals surface area contributed by atoms with Crippen LogP contribution < -0.4 is 5.32 Å². The van der Waals surface area contributed by atoms with E-state index in [9.17, 15) is 0 Å². The van der Waals surface area contributed by atoms with Gasteiger partial charge in [0.2, 0.25) is 0 Å². The van der Waals surface area contributed by atoms with Crippen molar-refractivity contribution in [2.45, 2.75) is 32.1 Å². The van der Waals surface area contributed by atoms with Gasteiger partial charge in [0.15, 0.2) is 0 Å². The number of nitrogens with one attached hydrogen (secondary N) is 1. The fourth-order valence-electron chi connectivity index (χ4n) is 1.76. The first-order valence-electron chi connectivity index (χ1n) is 6.23. The Morgan fingerprint density at radius 3 is 2.88 bits per heavy atom. The van der Waals surface area contributed by atoms with Crippen LogP contribution in [0.4, 0.5) is 0 Å². The zero-order valence-corrected chi connectivity index (χ0v) is 11.6. The molecular weight excluding hydrogens is 230 g/mol. The van der Waals surface area contributed by atoms with Gasteiger partial charge in [-0.3, -0.25) is 0 Å². The molecule has 0 aromatic heterocycles. The summed E-state index contributed by atoms with van der Waals surface area (Å²) in [6.07, 6.45) is 1.03. The van der Waals surface area contributed by atoms with Gasteiger partial charge in [-0.2, -0.15) is 11.8 Å². The van der Waals surface area contributed by atoms with Crippen molar-refractivity contribution in [2.75, 3.05) is 18.9 Å². The van der Waals surface area contributed by atoms with E-state index in [4.69, 9.17) is 5.11 Å². The first-order chi connectivity index (χ1) is 8.26. The van der Waals surface area contributed by atoms with Gasteiger partial charge in [0, 0.05) is 11.8 Å². The molecule has 96 valence electrons. The molecule has 1 atom stereocenters. The lowest BCUT2D eigenvalue weighted by atomic mass is 10.2. The Labute approximate surface area is 109 Å². The molecule has 1 aromatic rings. The molecule has 1 unspecified atom stereocenters. The van der Waals surface area contributed by atoms with Crippen LogP contribution in [0.1, 0.15) is 24.5 Å². The zero-order chi connectivity index (χ0) is 12.5. The van der Waals surface area contributed by atoms with Gasteiger partial charge in [0.1, 0.15) is 0 Å².